The van der Waals surface area contributed by atoms with Gasteiger partial charge in [-0.25, -0.2) is 19.2 Å². The molecule has 20 N–H and O–H groups in total. The molecule has 4 heterocycles. The summed E-state index contributed by atoms with van der Waals surface area (Å²) in [4.78, 5) is 173. The number of Topliss-reactive ketones (excluding diaryl/α,β-unsaturated/α-hetero) is 4. The number of nitrogens with one attached hydrogen (secondary N) is 4. The molecular formula is C101H120N20O16. The van der Waals surface area contributed by atoms with E-state index in [0.29, 0.717) is 77.5 Å². The van der Waals surface area contributed by atoms with Gasteiger partial charge in [-0.1, -0.05) is 202 Å². The van der Waals surface area contributed by atoms with E-state index in [9.17, 15) is 57.5 Å². The number of hydrogen-bond acceptors (Lipinski definition) is 20. The molecule has 36 heteroatoms. The van der Waals surface area contributed by atoms with Crippen LogP contribution in [0.1, 0.15) is 155 Å². The second-order valence-corrected chi connectivity index (χ2v) is 34.4. The highest BCUT2D eigenvalue weighted by Gasteiger charge is 2.46. The maximum Gasteiger partial charge on any atom is 0.410 e. The van der Waals surface area contributed by atoms with Crippen molar-refractivity contribution < 1.29 is 76.5 Å². The standard InChI is InChI=1S/4C25H29N5O4.CH4/c4*1-15(31)21-13-30(22(23(32)29-21)11-6-12-28-24(26)27)25(33)34-14-20-18-9-4-2-7-16(18)17-8-3-5-10-19(17)20;/h4*2-5,7-10,20-22H,6,11-14H2,1H3,(H,29,32)(H4,26,27,28);1H4/t2*21-,22+;2*21-,22-;/m1010./s1. The maximum atomic E-state index is 13.2. The predicted molar refractivity (Wildman–Crippen MR) is 519 cm³/mol. The molecule has 8 atom stereocenters. The van der Waals surface area contributed by atoms with Gasteiger partial charge in [0.25, 0.3) is 0 Å². The maximum absolute atomic E-state index is 13.2. The minimum Gasteiger partial charge on any atom is -0.448 e. The number of benzene rings is 8. The van der Waals surface area contributed by atoms with E-state index in [4.69, 9.17) is 64.8 Å². The van der Waals surface area contributed by atoms with Gasteiger partial charge in [0, 0.05) is 49.9 Å². The lowest BCUT2D eigenvalue weighted by Gasteiger charge is -2.38. The van der Waals surface area contributed by atoms with Crippen LogP contribution in [0.2, 0.25) is 0 Å². The smallest absolute Gasteiger partial charge is 0.410 e. The Hall–Kier alpha value is -15.5. The first kappa shape index (κ1) is 100. The number of carbonyl (C=O) groups is 12. The molecule has 8 amide bonds. The van der Waals surface area contributed by atoms with Crippen LogP contribution in [0.15, 0.2) is 214 Å². The molecule has 16 rings (SSSR count). The van der Waals surface area contributed by atoms with E-state index in [1.165, 1.54) is 47.3 Å². The molecule has 8 aliphatic rings. The van der Waals surface area contributed by atoms with Crippen molar-refractivity contribution in [2.45, 2.75) is 158 Å². The summed E-state index contributed by atoms with van der Waals surface area (Å²) < 4.78 is 23.0. The summed E-state index contributed by atoms with van der Waals surface area (Å²) >= 11 is 0. The molecule has 0 saturated carbocycles. The lowest BCUT2D eigenvalue weighted by Crippen LogP contribution is -2.63. The Balaban J connectivity index is 0.000000164. The summed E-state index contributed by atoms with van der Waals surface area (Å²) in [5, 5.41) is 10.8. The molecule has 720 valence electrons. The summed E-state index contributed by atoms with van der Waals surface area (Å²) in [5.41, 5.74) is 60.7. The van der Waals surface area contributed by atoms with Gasteiger partial charge in [0.15, 0.2) is 47.0 Å². The molecule has 8 aromatic carbocycles. The third kappa shape index (κ3) is 24.2. The van der Waals surface area contributed by atoms with Crippen LogP contribution in [0.4, 0.5) is 19.2 Å². The van der Waals surface area contributed by atoms with Gasteiger partial charge in [0.1, 0.15) is 74.8 Å². The zero-order chi connectivity index (χ0) is 97.0. The third-order valence-electron chi connectivity index (χ3n) is 25.5. The highest BCUT2D eigenvalue weighted by atomic mass is 16.6. The summed E-state index contributed by atoms with van der Waals surface area (Å²) in [6.45, 7) is 7.67. The van der Waals surface area contributed by atoms with E-state index in [0.717, 1.165) is 89.0 Å². The van der Waals surface area contributed by atoms with Gasteiger partial charge in [-0.3, -0.25) is 77.9 Å². The molecule has 4 saturated heterocycles. The van der Waals surface area contributed by atoms with Gasteiger partial charge < -0.3 is 86.1 Å². The van der Waals surface area contributed by atoms with Gasteiger partial charge in [-0.05, 0) is 168 Å². The average molecular weight is 1870 g/mol. The molecule has 0 spiro atoms. The molecule has 0 unspecified atom stereocenters. The molecule has 4 aliphatic heterocycles. The van der Waals surface area contributed by atoms with Crippen LogP contribution in [-0.2, 0) is 57.3 Å². The number of aliphatic imine (C=N–C) groups is 4. The number of ether oxygens (including phenoxy) is 4. The second-order valence-electron chi connectivity index (χ2n) is 34.4. The topological polar surface area (TPSA) is 560 Å². The first-order valence-electron chi connectivity index (χ1n) is 45.4. The number of piperazine rings is 4. The lowest BCUT2D eigenvalue weighted by molar-refractivity contribution is -0.135. The van der Waals surface area contributed by atoms with Crippen molar-refractivity contribution in [1.29, 1.82) is 0 Å². The SMILES string of the molecule is C.CC(=O)[C@@H]1CN(C(=O)OCC2c3ccccc3-c3ccccc32)[C@@H](CCCN=C(N)N)C(=O)N1.CC(=O)[C@@H]1CN(C(=O)OCC2c3ccccc3-c3ccccc32)[C@H](CCCN=C(N)N)C(=O)N1.CC(=O)[C@H]1CN(C(=O)OCC2c3ccccc3-c3ccccc32)[C@@H](CCCN=C(N)N)C(=O)N1.CC(=O)[C@H]1CN(C(=O)OCC2c3ccccc3-c3ccccc32)[C@H](CCCN=C(N)N)C(=O)N1. The average Bonchev–Trinajstić information content (AvgIpc) is 1.63. The van der Waals surface area contributed by atoms with E-state index in [-0.39, 0.29) is 154 Å². The Labute approximate surface area is 794 Å². The van der Waals surface area contributed by atoms with Gasteiger partial charge in [0.2, 0.25) is 23.6 Å². The first-order valence-corrected chi connectivity index (χ1v) is 45.4. The summed E-state index contributed by atoms with van der Waals surface area (Å²) in [6.07, 6.45) is 0.891. The van der Waals surface area contributed by atoms with Crippen molar-refractivity contribution in [3.63, 3.8) is 0 Å². The van der Waals surface area contributed by atoms with Gasteiger partial charge in [-0.2, -0.15) is 0 Å². The molecular weight excluding hydrogens is 1750 g/mol. The number of amides is 8. The van der Waals surface area contributed by atoms with Crippen molar-refractivity contribution >= 4 is 95.0 Å². The van der Waals surface area contributed by atoms with E-state index in [2.05, 4.69) is 89.8 Å². The molecule has 0 radical (unpaired) electrons. The van der Waals surface area contributed by atoms with Crippen molar-refractivity contribution in [2.75, 3.05) is 78.8 Å². The fourth-order valence-electron chi connectivity index (χ4n) is 18.7. The van der Waals surface area contributed by atoms with Crippen LogP contribution in [0.25, 0.3) is 44.5 Å². The number of rotatable bonds is 28. The highest BCUT2D eigenvalue weighted by molar-refractivity contribution is 5.98. The number of hydrogen-bond donors (Lipinski definition) is 12. The van der Waals surface area contributed by atoms with Gasteiger partial charge >= 0.3 is 24.4 Å². The second kappa shape index (κ2) is 46.4. The molecule has 36 nitrogen and oxygen atoms in total. The van der Waals surface area contributed by atoms with E-state index in [1.807, 2.05) is 146 Å². The molecule has 0 bridgehead atoms. The van der Waals surface area contributed by atoms with Crippen LogP contribution < -0.4 is 67.1 Å². The zero-order valence-corrected chi connectivity index (χ0v) is 76.3. The third-order valence-corrected chi connectivity index (χ3v) is 25.5. The zero-order valence-electron chi connectivity index (χ0n) is 76.3. The number of carbonyl (C=O) groups excluding carboxylic acids is 12. The predicted octanol–water partition coefficient (Wildman–Crippen LogP) is 7.62. The summed E-state index contributed by atoms with van der Waals surface area (Å²) in [6, 6.07) is 58.4. The van der Waals surface area contributed by atoms with Crippen molar-refractivity contribution in [2.24, 2.45) is 65.8 Å². The van der Waals surface area contributed by atoms with Crippen molar-refractivity contribution in [3.8, 4) is 44.5 Å². The molecule has 4 fully saturated rings. The van der Waals surface area contributed by atoms with Gasteiger partial charge in [-0.15, -0.1) is 0 Å². The number of nitrogens with zero attached hydrogens (tertiary/aromatic N) is 8. The fourth-order valence-corrected chi connectivity index (χ4v) is 18.7. The van der Waals surface area contributed by atoms with Crippen molar-refractivity contribution in [3.05, 3.63) is 239 Å². The Morgan fingerprint density at radius 2 is 0.431 bits per heavy atom. The van der Waals surface area contributed by atoms with E-state index in [1.54, 1.807) is 0 Å². The normalized spacial score (nSPS) is 18.9. The quantitative estimate of drug-likeness (QED) is 0.00970. The van der Waals surface area contributed by atoms with Crippen LogP contribution >= 0.6 is 0 Å². The molecule has 4 aliphatic carbocycles. The van der Waals surface area contributed by atoms with E-state index < -0.39 is 72.7 Å². The van der Waals surface area contributed by atoms with Crippen LogP contribution in [0.3, 0.4) is 0 Å². The lowest BCUT2D eigenvalue weighted by atomic mass is 9.98. The van der Waals surface area contributed by atoms with E-state index >= 15 is 0 Å². The Morgan fingerprint density at radius 1 is 0.277 bits per heavy atom. The minimum absolute atomic E-state index is 0. The number of guanidine groups is 4. The fraction of sp³-hybridized carbons (Fsp3) is 0.366. The van der Waals surface area contributed by atoms with Gasteiger partial charge in [0.05, 0.1) is 26.2 Å². The van der Waals surface area contributed by atoms with Crippen molar-refractivity contribution in [1.82, 2.24) is 40.9 Å². The Kier molecular flexibility index (Phi) is 34.0. The molecule has 0 aromatic heterocycles. The number of nitrogens with two attached hydrogens (primary N) is 8. The monoisotopic (exact) mass is 1870 g/mol. The molecule has 137 heavy (non-hydrogen) atoms. The Morgan fingerprint density at radius 3 is 0.577 bits per heavy atom. The minimum atomic E-state index is -0.763. The number of ketones is 4. The van der Waals surface area contributed by atoms with Crippen LogP contribution in [-0.4, -0.2) is 242 Å². The molecule has 8 aromatic rings. The largest absolute Gasteiger partial charge is 0.448 e. The first-order chi connectivity index (χ1) is 65.5. The summed E-state index contributed by atoms with van der Waals surface area (Å²) in [5.74, 6) is -2.92. The van der Waals surface area contributed by atoms with Crippen LogP contribution in [0, 0.1) is 0 Å². The van der Waals surface area contributed by atoms with Crippen LogP contribution in [0.5, 0.6) is 0 Å². The summed E-state index contributed by atoms with van der Waals surface area (Å²) in [7, 11) is 0. The highest BCUT2D eigenvalue weighted by Crippen LogP contribution is 2.49. The Bertz CT molecular complexity index is 5040. The number of fused-ring (bicyclic) bond motifs is 12.